The van der Waals surface area contributed by atoms with E-state index in [-0.39, 0.29) is 11.9 Å². The number of halogens is 1. The Morgan fingerprint density at radius 3 is 2.42 bits per heavy atom. The molecule has 0 aliphatic carbocycles. The fraction of sp³-hybridized carbons (Fsp3) is 0.316. The van der Waals surface area contributed by atoms with E-state index in [9.17, 15) is 4.79 Å². The number of rotatable bonds is 7. The van der Waals surface area contributed by atoms with Crippen LogP contribution in [-0.4, -0.2) is 19.1 Å². The molecule has 0 fully saturated rings. The Kier molecular flexibility index (Phi) is 6.50. The summed E-state index contributed by atoms with van der Waals surface area (Å²) in [6, 6.07) is 12.4. The molecular formula is C19H22ClNO3. The number of carbonyl (C=O) groups excluding carboxylic acids is 1. The molecule has 5 heteroatoms. The zero-order valence-corrected chi connectivity index (χ0v) is 14.9. The molecule has 0 radical (unpaired) electrons. The topological polar surface area (TPSA) is 47.6 Å². The van der Waals surface area contributed by atoms with Crippen LogP contribution in [0.25, 0.3) is 0 Å². The second-order valence-corrected chi connectivity index (χ2v) is 5.65. The molecule has 0 bridgehead atoms. The number of hydrogen-bond donors (Lipinski definition) is 1. The molecule has 1 atom stereocenters. The van der Waals surface area contributed by atoms with Crippen LogP contribution in [0, 0.1) is 0 Å². The number of nitrogens with one attached hydrogen (secondary N) is 1. The van der Waals surface area contributed by atoms with Gasteiger partial charge >= 0.3 is 0 Å². The molecule has 1 amide bonds. The number of hydrogen-bond acceptors (Lipinski definition) is 3. The molecule has 2 aromatic carbocycles. The summed E-state index contributed by atoms with van der Waals surface area (Å²) in [7, 11) is 0. The normalized spacial score (nSPS) is 11.7. The second kappa shape index (κ2) is 8.60. The zero-order chi connectivity index (χ0) is 17.5. The van der Waals surface area contributed by atoms with Gasteiger partial charge in [-0.3, -0.25) is 4.79 Å². The van der Waals surface area contributed by atoms with Gasteiger partial charge in [0.15, 0.2) is 11.5 Å². The summed E-state index contributed by atoms with van der Waals surface area (Å²) in [5.74, 6) is 1.01. The molecule has 1 N–H and O–H groups in total. The van der Waals surface area contributed by atoms with Gasteiger partial charge in [0.25, 0.3) is 5.91 Å². The number of amides is 1. The van der Waals surface area contributed by atoms with Crippen molar-refractivity contribution in [3.63, 3.8) is 0 Å². The van der Waals surface area contributed by atoms with Crippen molar-refractivity contribution < 1.29 is 14.3 Å². The van der Waals surface area contributed by atoms with E-state index in [0.717, 1.165) is 5.56 Å². The molecule has 0 aromatic heterocycles. The summed E-state index contributed by atoms with van der Waals surface area (Å²) < 4.78 is 11.1. The largest absolute Gasteiger partial charge is 0.490 e. The van der Waals surface area contributed by atoms with Crippen molar-refractivity contribution in [2.75, 3.05) is 13.2 Å². The Balaban J connectivity index is 2.17. The lowest BCUT2D eigenvalue weighted by Crippen LogP contribution is -2.26. The van der Waals surface area contributed by atoms with Gasteiger partial charge in [-0.05, 0) is 50.6 Å². The van der Waals surface area contributed by atoms with Crippen LogP contribution in [0.2, 0.25) is 5.02 Å². The minimum absolute atomic E-state index is 0.188. The van der Waals surface area contributed by atoms with Gasteiger partial charge in [-0.2, -0.15) is 0 Å². The van der Waals surface area contributed by atoms with Crippen LogP contribution in [0.3, 0.4) is 0 Å². The highest BCUT2D eigenvalue weighted by atomic mass is 35.5. The summed E-state index contributed by atoms with van der Waals surface area (Å²) >= 11 is 6.18. The van der Waals surface area contributed by atoms with Crippen LogP contribution in [0.1, 0.15) is 42.7 Å². The number of ether oxygens (including phenoxy) is 2. The molecular weight excluding hydrogens is 326 g/mol. The summed E-state index contributed by atoms with van der Waals surface area (Å²) in [5, 5.41) is 3.59. The summed E-state index contributed by atoms with van der Waals surface area (Å²) in [5.41, 5.74) is 1.39. The van der Waals surface area contributed by atoms with Crippen molar-refractivity contribution in [2.45, 2.75) is 26.8 Å². The molecule has 0 spiro atoms. The van der Waals surface area contributed by atoms with Crippen molar-refractivity contribution in [1.82, 2.24) is 5.32 Å². The van der Waals surface area contributed by atoms with Gasteiger partial charge in [0.05, 0.1) is 19.3 Å². The maximum absolute atomic E-state index is 12.5. The van der Waals surface area contributed by atoms with Crippen LogP contribution in [0.5, 0.6) is 11.5 Å². The van der Waals surface area contributed by atoms with Crippen LogP contribution in [0.15, 0.2) is 42.5 Å². The molecule has 4 nitrogen and oxygen atoms in total. The molecule has 2 aromatic rings. The first-order valence-electron chi connectivity index (χ1n) is 8.01. The Bertz CT molecular complexity index is 703. The Labute approximate surface area is 147 Å². The third-order valence-corrected chi connectivity index (χ3v) is 3.87. The standard InChI is InChI=1S/C19H22ClNO3/c1-4-23-17-11-10-14(12-18(17)24-5-2)19(22)21-13(3)15-8-6-7-9-16(15)20/h6-13H,4-5H2,1-3H3,(H,21,22). The van der Waals surface area contributed by atoms with Crippen LogP contribution >= 0.6 is 11.6 Å². The van der Waals surface area contributed by atoms with E-state index in [1.54, 1.807) is 18.2 Å². The van der Waals surface area contributed by atoms with E-state index >= 15 is 0 Å². The van der Waals surface area contributed by atoms with Gasteiger partial charge in [-0.25, -0.2) is 0 Å². The first-order chi connectivity index (χ1) is 11.6. The van der Waals surface area contributed by atoms with Crippen molar-refractivity contribution in [2.24, 2.45) is 0 Å². The van der Waals surface area contributed by atoms with Crippen molar-refractivity contribution in [1.29, 1.82) is 0 Å². The molecule has 128 valence electrons. The van der Waals surface area contributed by atoms with Gasteiger partial charge in [-0.15, -0.1) is 0 Å². The van der Waals surface area contributed by atoms with Crippen LogP contribution in [-0.2, 0) is 0 Å². The van der Waals surface area contributed by atoms with Crippen molar-refractivity contribution in [3.8, 4) is 11.5 Å². The van der Waals surface area contributed by atoms with Gasteiger partial charge in [0.1, 0.15) is 0 Å². The average Bonchev–Trinajstić information content (AvgIpc) is 2.57. The highest BCUT2D eigenvalue weighted by Crippen LogP contribution is 2.29. The molecule has 2 rings (SSSR count). The maximum atomic E-state index is 12.5. The Hall–Kier alpha value is -2.20. The summed E-state index contributed by atoms with van der Waals surface area (Å²) in [4.78, 5) is 12.5. The summed E-state index contributed by atoms with van der Waals surface area (Å²) in [6.07, 6.45) is 0. The van der Waals surface area contributed by atoms with Crippen LogP contribution in [0.4, 0.5) is 0 Å². The molecule has 0 aliphatic heterocycles. The quantitative estimate of drug-likeness (QED) is 0.794. The first-order valence-corrected chi connectivity index (χ1v) is 8.39. The van der Waals surface area contributed by atoms with Gasteiger partial charge in [-0.1, -0.05) is 29.8 Å². The SMILES string of the molecule is CCOc1ccc(C(=O)NC(C)c2ccccc2Cl)cc1OCC. The maximum Gasteiger partial charge on any atom is 0.251 e. The fourth-order valence-corrected chi connectivity index (χ4v) is 2.68. The van der Waals surface area contributed by atoms with Gasteiger partial charge in [0.2, 0.25) is 0 Å². The highest BCUT2D eigenvalue weighted by Gasteiger charge is 2.16. The van der Waals surface area contributed by atoms with E-state index in [1.165, 1.54) is 0 Å². The lowest BCUT2D eigenvalue weighted by atomic mass is 10.1. The highest BCUT2D eigenvalue weighted by molar-refractivity contribution is 6.31. The van der Waals surface area contributed by atoms with Gasteiger partial charge < -0.3 is 14.8 Å². The van der Waals surface area contributed by atoms with E-state index in [4.69, 9.17) is 21.1 Å². The molecule has 1 unspecified atom stereocenters. The Morgan fingerprint density at radius 2 is 1.75 bits per heavy atom. The second-order valence-electron chi connectivity index (χ2n) is 5.24. The fourth-order valence-electron chi connectivity index (χ4n) is 2.38. The molecule has 0 heterocycles. The summed E-state index contributed by atoms with van der Waals surface area (Å²) in [6.45, 7) is 6.73. The van der Waals surface area contributed by atoms with Crippen molar-refractivity contribution in [3.05, 3.63) is 58.6 Å². The number of benzene rings is 2. The molecule has 0 saturated carbocycles. The predicted molar refractivity (Wildman–Crippen MR) is 96.1 cm³/mol. The smallest absolute Gasteiger partial charge is 0.251 e. The Morgan fingerprint density at radius 1 is 1.08 bits per heavy atom. The van der Waals surface area contributed by atoms with Gasteiger partial charge in [0, 0.05) is 10.6 Å². The van der Waals surface area contributed by atoms with E-state index < -0.39 is 0 Å². The lowest BCUT2D eigenvalue weighted by molar-refractivity contribution is 0.0939. The average molecular weight is 348 g/mol. The third kappa shape index (κ3) is 4.42. The minimum atomic E-state index is -0.201. The monoisotopic (exact) mass is 347 g/mol. The predicted octanol–water partition coefficient (Wildman–Crippen LogP) is 4.63. The van der Waals surface area contributed by atoms with Crippen LogP contribution < -0.4 is 14.8 Å². The molecule has 0 aliphatic rings. The van der Waals surface area contributed by atoms with E-state index in [0.29, 0.717) is 35.3 Å². The first kappa shape index (κ1) is 18.1. The molecule has 24 heavy (non-hydrogen) atoms. The van der Waals surface area contributed by atoms with E-state index in [1.807, 2.05) is 45.0 Å². The minimum Gasteiger partial charge on any atom is -0.490 e. The zero-order valence-electron chi connectivity index (χ0n) is 14.1. The number of carbonyl (C=O) groups is 1. The van der Waals surface area contributed by atoms with E-state index in [2.05, 4.69) is 5.32 Å². The molecule has 0 saturated heterocycles. The lowest BCUT2D eigenvalue weighted by Gasteiger charge is -2.17. The third-order valence-electron chi connectivity index (χ3n) is 3.52. The van der Waals surface area contributed by atoms with Crippen molar-refractivity contribution >= 4 is 17.5 Å².